The largest absolute Gasteiger partial charge is 0.497 e. The number of allylic oxidation sites excluding steroid dienone is 1. The molecule has 4 nitrogen and oxygen atoms in total. The maximum Gasteiger partial charge on any atom is 0.209 e. The molecule has 0 fully saturated rings. The number of imidazole rings is 1. The van der Waals surface area contributed by atoms with Gasteiger partial charge in [-0.15, -0.1) is 0 Å². The molecule has 1 aromatic heterocycles. The highest BCUT2D eigenvalue weighted by Crippen LogP contribution is 2.37. The van der Waals surface area contributed by atoms with Crippen molar-refractivity contribution in [2.75, 3.05) is 12.4 Å². The van der Waals surface area contributed by atoms with Crippen molar-refractivity contribution in [2.45, 2.75) is 13.0 Å². The Balaban J connectivity index is 1.68. The van der Waals surface area contributed by atoms with Gasteiger partial charge in [0.05, 0.1) is 24.2 Å². The SMILES string of the molecule is COc1ccc([C@H]2C=C(c3ccc(C)cc3)Nc3nc4ccccc4n32)cc1. The molecule has 138 valence electrons. The van der Waals surface area contributed by atoms with Crippen molar-refractivity contribution >= 4 is 22.7 Å². The standard InChI is InChI=1S/C24H21N3O/c1-16-7-9-17(10-8-16)21-15-23(18-11-13-19(28-2)14-12-18)27-22-6-4-3-5-20(22)25-24(27)26-21/h3-15,23H,1-2H3,(H,25,26)/t23-/m1/s1. The number of hydrogen-bond acceptors (Lipinski definition) is 3. The minimum Gasteiger partial charge on any atom is -0.497 e. The molecule has 5 rings (SSSR count). The Morgan fingerprint density at radius 3 is 2.43 bits per heavy atom. The van der Waals surface area contributed by atoms with Gasteiger partial charge in [-0.25, -0.2) is 4.98 Å². The fraction of sp³-hybridized carbons (Fsp3) is 0.125. The van der Waals surface area contributed by atoms with Gasteiger partial charge in [0.25, 0.3) is 0 Å². The molecule has 28 heavy (non-hydrogen) atoms. The number of fused-ring (bicyclic) bond motifs is 3. The van der Waals surface area contributed by atoms with Gasteiger partial charge in [0.2, 0.25) is 5.95 Å². The summed E-state index contributed by atoms with van der Waals surface area (Å²) in [6.07, 6.45) is 2.27. The predicted molar refractivity (Wildman–Crippen MR) is 114 cm³/mol. The third-order valence-electron chi connectivity index (χ3n) is 5.26. The molecule has 0 bridgehead atoms. The van der Waals surface area contributed by atoms with Gasteiger partial charge >= 0.3 is 0 Å². The van der Waals surface area contributed by atoms with E-state index >= 15 is 0 Å². The Kier molecular flexibility index (Phi) is 3.90. The van der Waals surface area contributed by atoms with Gasteiger partial charge in [0, 0.05) is 5.70 Å². The molecule has 1 aliphatic rings. The molecule has 0 aliphatic carbocycles. The van der Waals surface area contributed by atoms with E-state index in [4.69, 9.17) is 9.72 Å². The molecule has 4 heteroatoms. The number of methoxy groups -OCH3 is 1. The van der Waals surface area contributed by atoms with Crippen molar-refractivity contribution in [1.29, 1.82) is 0 Å². The number of aromatic nitrogens is 2. The van der Waals surface area contributed by atoms with E-state index in [2.05, 4.69) is 77.5 Å². The second kappa shape index (κ2) is 6.57. The van der Waals surface area contributed by atoms with Crippen LogP contribution >= 0.6 is 0 Å². The highest BCUT2D eigenvalue weighted by atomic mass is 16.5. The predicted octanol–water partition coefficient (Wildman–Crippen LogP) is 5.41. The van der Waals surface area contributed by atoms with Crippen LogP contribution in [0, 0.1) is 6.92 Å². The monoisotopic (exact) mass is 367 g/mol. The van der Waals surface area contributed by atoms with E-state index in [1.165, 1.54) is 11.1 Å². The van der Waals surface area contributed by atoms with Gasteiger partial charge in [-0.05, 0) is 48.4 Å². The van der Waals surface area contributed by atoms with E-state index in [1.807, 2.05) is 18.2 Å². The van der Waals surface area contributed by atoms with Crippen LogP contribution in [-0.4, -0.2) is 16.7 Å². The lowest BCUT2D eigenvalue weighted by Gasteiger charge is -2.26. The lowest BCUT2D eigenvalue weighted by Crippen LogP contribution is -2.19. The van der Waals surface area contributed by atoms with Gasteiger partial charge < -0.3 is 10.1 Å². The Labute approximate surface area is 164 Å². The molecule has 0 saturated heterocycles. The minimum absolute atomic E-state index is 0.0471. The number of anilines is 1. The summed E-state index contributed by atoms with van der Waals surface area (Å²) in [4.78, 5) is 4.84. The Morgan fingerprint density at radius 1 is 0.929 bits per heavy atom. The van der Waals surface area contributed by atoms with Crippen LogP contribution in [-0.2, 0) is 0 Å². The van der Waals surface area contributed by atoms with E-state index in [1.54, 1.807) is 7.11 Å². The topological polar surface area (TPSA) is 39.1 Å². The molecule has 0 amide bonds. The summed E-state index contributed by atoms with van der Waals surface area (Å²) in [5, 5.41) is 3.53. The van der Waals surface area contributed by atoms with Crippen LogP contribution in [0.3, 0.4) is 0 Å². The maximum absolute atomic E-state index is 5.34. The average Bonchev–Trinajstić information content (AvgIpc) is 3.12. The van der Waals surface area contributed by atoms with Crippen LogP contribution in [0.15, 0.2) is 78.9 Å². The van der Waals surface area contributed by atoms with Gasteiger partial charge in [-0.2, -0.15) is 0 Å². The Morgan fingerprint density at radius 2 is 1.68 bits per heavy atom. The smallest absolute Gasteiger partial charge is 0.209 e. The highest BCUT2D eigenvalue weighted by molar-refractivity contribution is 5.85. The van der Waals surface area contributed by atoms with Crippen molar-refractivity contribution < 1.29 is 4.74 Å². The van der Waals surface area contributed by atoms with Gasteiger partial charge in [0.1, 0.15) is 5.75 Å². The number of para-hydroxylation sites is 2. The Hall–Kier alpha value is -3.53. The van der Waals surface area contributed by atoms with Crippen LogP contribution in [0.2, 0.25) is 0 Å². The molecule has 1 atom stereocenters. The molecule has 3 aromatic carbocycles. The van der Waals surface area contributed by atoms with Gasteiger partial charge in [-0.1, -0.05) is 54.1 Å². The summed E-state index contributed by atoms with van der Waals surface area (Å²) in [5.74, 6) is 1.72. The summed E-state index contributed by atoms with van der Waals surface area (Å²) >= 11 is 0. The molecule has 1 aliphatic heterocycles. The van der Waals surface area contributed by atoms with Crippen molar-refractivity contribution in [3.05, 3.63) is 95.6 Å². The summed E-state index contributed by atoms with van der Waals surface area (Å²) < 4.78 is 7.59. The Bertz CT molecular complexity index is 1170. The first kappa shape index (κ1) is 16.6. The number of nitrogens with one attached hydrogen (secondary N) is 1. The molecule has 2 heterocycles. The van der Waals surface area contributed by atoms with Crippen LogP contribution in [0.5, 0.6) is 5.75 Å². The number of rotatable bonds is 3. The third-order valence-corrected chi connectivity index (χ3v) is 5.26. The van der Waals surface area contributed by atoms with E-state index < -0.39 is 0 Å². The molecular weight excluding hydrogens is 346 g/mol. The molecule has 1 N–H and O–H groups in total. The van der Waals surface area contributed by atoms with Gasteiger partial charge in [-0.3, -0.25) is 4.57 Å². The maximum atomic E-state index is 5.34. The van der Waals surface area contributed by atoms with Crippen molar-refractivity contribution in [3.63, 3.8) is 0 Å². The number of nitrogens with zero attached hydrogens (tertiary/aromatic N) is 2. The summed E-state index contributed by atoms with van der Waals surface area (Å²) in [7, 11) is 1.69. The van der Waals surface area contributed by atoms with E-state index in [9.17, 15) is 0 Å². The molecule has 0 radical (unpaired) electrons. The lowest BCUT2D eigenvalue weighted by atomic mass is 10.0. The summed E-state index contributed by atoms with van der Waals surface area (Å²) in [6, 6.07) is 25.1. The van der Waals surface area contributed by atoms with E-state index in [0.717, 1.165) is 34.0 Å². The zero-order chi connectivity index (χ0) is 19.1. The van der Waals surface area contributed by atoms with Crippen molar-refractivity contribution in [2.24, 2.45) is 0 Å². The second-order valence-electron chi connectivity index (χ2n) is 7.08. The molecule has 0 spiro atoms. The number of aryl methyl sites for hydroxylation is 1. The average molecular weight is 367 g/mol. The molecule has 0 saturated carbocycles. The summed E-state index contributed by atoms with van der Waals surface area (Å²) in [6.45, 7) is 2.10. The van der Waals surface area contributed by atoms with Crippen molar-refractivity contribution in [1.82, 2.24) is 9.55 Å². The lowest BCUT2D eigenvalue weighted by molar-refractivity contribution is 0.414. The third kappa shape index (κ3) is 2.74. The number of benzene rings is 3. The number of hydrogen-bond donors (Lipinski definition) is 1. The highest BCUT2D eigenvalue weighted by Gasteiger charge is 2.25. The molecule has 0 unspecified atom stereocenters. The second-order valence-corrected chi connectivity index (χ2v) is 7.08. The van der Waals surface area contributed by atoms with Crippen LogP contribution in [0.25, 0.3) is 16.7 Å². The van der Waals surface area contributed by atoms with Crippen LogP contribution in [0.1, 0.15) is 22.7 Å². The van der Waals surface area contributed by atoms with Crippen molar-refractivity contribution in [3.8, 4) is 5.75 Å². The molecule has 4 aromatic rings. The first-order valence-corrected chi connectivity index (χ1v) is 9.40. The quantitative estimate of drug-likeness (QED) is 0.526. The van der Waals surface area contributed by atoms with Crippen LogP contribution < -0.4 is 10.1 Å². The molecular formula is C24H21N3O. The van der Waals surface area contributed by atoms with Crippen LogP contribution in [0.4, 0.5) is 5.95 Å². The van der Waals surface area contributed by atoms with E-state index in [-0.39, 0.29) is 6.04 Å². The zero-order valence-corrected chi connectivity index (χ0v) is 15.9. The summed E-state index contributed by atoms with van der Waals surface area (Å²) in [5.41, 5.74) is 6.77. The fourth-order valence-corrected chi connectivity index (χ4v) is 3.76. The normalized spacial score (nSPS) is 15.6. The first-order chi connectivity index (χ1) is 13.7. The zero-order valence-electron chi connectivity index (χ0n) is 15.9. The van der Waals surface area contributed by atoms with Gasteiger partial charge in [0.15, 0.2) is 0 Å². The first-order valence-electron chi connectivity index (χ1n) is 9.40. The minimum atomic E-state index is 0.0471. The fourth-order valence-electron chi connectivity index (χ4n) is 3.76. The number of ether oxygens (including phenoxy) is 1. The van der Waals surface area contributed by atoms with E-state index in [0.29, 0.717) is 0 Å².